The second-order valence-corrected chi connectivity index (χ2v) is 8.38. The van der Waals surface area contributed by atoms with Gasteiger partial charge in [-0.2, -0.15) is 0 Å². The predicted octanol–water partition coefficient (Wildman–Crippen LogP) is 4.89. The van der Waals surface area contributed by atoms with E-state index in [-0.39, 0.29) is 0 Å². The first-order valence-corrected chi connectivity index (χ1v) is 9.85. The molecule has 0 N–H and O–H groups in total. The van der Waals surface area contributed by atoms with Gasteiger partial charge in [-0.25, -0.2) is 13.4 Å². The molecule has 120 valence electrons. The minimum absolute atomic E-state index is 0.299. The van der Waals surface area contributed by atoms with Gasteiger partial charge in [0.1, 0.15) is 5.15 Å². The van der Waals surface area contributed by atoms with E-state index in [9.17, 15) is 8.42 Å². The molecule has 3 rings (SSSR count). The number of sulfone groups is 1. The Kier molecular flexibility index (Phi) is 4.50. The monoisotopic (exact) mass is 367 g/mol. The molecule has 1 heterocycles. The number of aromatic nitrogens is 1. The van der Waals surface area contributed by atoms with Crippen LogP contribution in [0.15, 0.2) is 41.4 Å². The maximum Gasteiger partial charge on any atom is 0.175 e. The summed E-state index contributed by atoms with van der Waals surface area (Å²) in [6.07, 6.45) is 5.90. The van der Waals surface area contributed by atoms with Gasteiger partial charge in [0.15, 0.2) is 9.84 Å². The highest BCUT2D eigenvalue weighted by Crippen LogP contribution is 2.40. The Balaban J connectivity index is 2.04. The molecule has 6 heteroatoms. The van der Waals surface area contributed by atoms with Crippen LogP contribution in [0.2, 0.25) is 10.2 Å². The van der Waals surface area contributed by atoms with Crippen molar-refractivity contribution in [3.05, 3.63) is 57.8 Å². The van der Waals surface area contributed by atoms with Crippen LogP contribution in [0.1, 0.15) is 30.4 Å². The van der Waals surface area contributed by atoms with Crippen molar-refractivity contribution in [1.82, 2.24) is 4.98 Å². The van der Waals surface area contributed by atoms with Gasteiger partial charge >= 0.3 is 0 Å². The van der Waals surface area contributed by atoms with Crippen molar-refractivity contribution in [2.75, 3.05) is 6.26 Å². The van der Waals surface area contributed by atoms with Gasteiger partial charge in [-0.3, -0.25) is 0 Å². The van der Waals surface area contributed by atoms with E-state index in [1.165, 1.54) is 17.4 Å². The van der Waals surface area contributed by atoms with E-state index in [2.05, 4.69) is 4.98 Å². The fourth-order valence-electron chi connectivity index (χ4n) is 2.87. The highest BCUT2D eigenvalue weighted by Gasteiger charge is 2.19. The normalized spacial score (nSPS) is 15.3. The number of rotatable bonds is 3. The number of pyridine rings is 1. The van der Waals surface area contributed by atoms with Gasteiger partial charge in [-0.15, -0.1) is 0 Å². The first-order valence-electron chi connectivity index (χ1n) is 7.20. The molecule has 0 saturated heterocycles. The van der Waals surface area contributed by atoms with Crippen LogP contribution in [0.4, 0.5) is 0 Å². The molecule has 0 radical (unpaired) electrons. The summed E-state index contributed by atoms with van der Waals surface area (Å²) in [4.78, 5) is 4.45. The van der Waals surface area contributed by atoms with Crippen LogP contribution in [0, 0.1) is 0 Å². The SMILES string of the molecule is CS(=O)(=O)c1ccc(C2=C(c3cnc(Cl)c(Cl)c3)CCC2)cc1. The Morgan fingerprint density at radius 1 is 1.00 bits per heavy atom. The summed E-state index contributed by atoms with van der Waals surface area (Å²) in [5, 5.41) is 0.739. The van der Waals surface area contributed by atoms with E-state index in [0.717, 1.165) is 30.4 Å². The van der Waals surface area contributed by atoms with E-state index in [1.807, 2.05) is 18.2 Å². The van der Waals surface area contributed by atoms with Crippen molar-refractivity contribution in [3.8, 4) is 0 Å². The van der Waals surface area contributed by atoms with E-state index < -0.39 is 9.84 Å². The van der Waals surface area contributed by atoms with Crippen LogP contribution in [0.3, 0.4) is 0 Å². The summed E-state index contributed by atoms with van der Waals surface area (Å²) in [6, 6.07) is 8.87. The molecule has 0 atom stereocenters. The van der Waals surface area contributed by atoms with Crippen LogP contribution in [-0.4, -0.2) is 19.7 Å². The molecule has 23 heavy (non-hydrogen) atoms. The number of allylic oxidation sites excluding steroid dienone is 2. The summed E-state index contributed by atoms with van der Waals surface area (Å²) in [5.41, 5.74) is 4.42. The van der Waals surface area contributed by atoms with Crippen molar-refractivity contribution in [2.24, 2.45) is 0 Å². The zero-order valence-electron chi connectivity index (χ0n) is 12.5. The van der Waals surface area contributed by atoms with Gasteiger partial charge < -0.3 is 0 Å². The molecule has 2 aromatic rings. The van der Waals surface area contributed by atoms with Gasteiger partial charge in [0, 0.05) is 12.5 Å². The van der Waals surface area contributed by atoms with Gasteiger partial charge in [0.05, 0.1) is 9.92 Å². The lowest BCUT2D eigenvalue weighted by Crippen LogP contribution is -1.97. The molecule has 0 saturated carbocycles. The Morgan fingerprint density at radius 3 is 2.17 bits per heavy atom. The number of hydrogen-bond acceptors (Lipinski definition) is 3. The maximum absolute atomic E-state index is 11.6. The van der Waals surface area contributed by atoms with Crippen LogP contribution < -0.4 is 0 Å². The number of nitrogens with zero attached hydrogens (tertiary/aromatic N) is 1. The Labute approximate surface area is 145 Å². The quantitative estimate of drug-likeness (QED) is 0.725. The molecule has 0 bridgehead atoms. The third-order valence-electron chi connectivity index (χ3n) is 3.99. The molecule has 0 amide bonds. The molecule has 0 fully saturated rings. The molecule has 0 spiro atoms. The highest BCUT2D eigenvalue weighted by atomic mass is 35.5. The van der Waals surface area contributed by atoms with Crippen LogP contribution in [0.5, 0.6) is 0 Å². The molecule has 0 aliphatic heterocycles. The predicted molar refractivity (Wildman–Crippen MR) is 94.5 cm³/mol. The minimum Gasteiger partial charge on any atom is -0.242 e. The first kappa shape index (κ1) is 16.5. The molecule has 3 nitrogen and oxygen atoms in total. The van der Waals surface area contributed by atoms with Crippen molar-refractivity contribution in [3.63, 3.8) is 0 Å². The minimum atomic E-state index is -3.18. The topological polar surface area (TPSA) is 47.0 Å². The third-order valence-corrected chi connectivity index (χ3v) is 5.81. The average Bonchev–Trinajstić information content (AvgIpc) is 2.99. The Hall–Kier alpha value is -1.36. The molecular formula is C17H15Cl2NO2S. The van der Waals surface area contributed by atoms with Gasteiger partial charge in [-0.1, -0.05) is 35.3 Å². The van der Waals surface area contributed by atoms with Crippen molar-refractivity contribution in [1.29, 1.82) is 0 Å². The molecule has 1 aromatic carbocycles. The number of hydrogen-bond donors (Lipinski definition) is 0. The van der Waals surface area contributed by atoms with Gasteiger partial charge in [0.25, 0.3) is 0 Å². The number of halogens is 2. The maximum atomic E-state index is 11.6. The lowest BCUT2D eigenvalue weighted by molar-refractivity contribution is 0.602. The summed E-state index contributed by atoms with van der Waals surface area (Å²) in [5.74, 6) is 0. The molecular weight excluding hydrogens is 353 g/mol. The standard InChI is InChI=1S/C17H15Cl2NO2S/c1-23(21,22)13-7-5-11(6-8-13)14-3-2-4-15(14)12-9-16(18)17(19)20-10-12/h5-10H,2-4H2,1H3. The largest absolute Gasteiger partial charge is 0.242 e. The zero-order chi connectivity index (χ0) is 16.6. The van der Waals surface area contributed by atoms with Crippen LogP contribution in [0.25, 0.3) is 11.1 Å². The van der Waals surface area contributed by atoms with E-state index in [1.54, 1.807) is 18.3 Å². The smallest absolute Gasteiger partial charge is 0.175 e. The van der Waals surface area contributed by atoms with Crippen LogP contribution in [-0.2, 0) is 9.84 Å². The molecule has 1 aliphatic carbocycles. The van der Waals surface area contributed by atoms with E-state index >= 15 is 0 Å². The van der Waals surface area contributed by atoms with Gasteiger partial charge in [-0.05, 0) is 59.7 Å². The summed E-state index contributed by atoms with van der Waals surface area (Å²) in [6.45, 7) is 0. The van der Waals surface area contributed by atoms with Crippen molar-refractivity contribution in [2.45, 2.75) is 24.2 Å². The molecule has 0 unspecified atom stereocenters. The third kappa shape index (κ3) is 3.44. The lowest BCUT2D eigenvalue weighted by Gasteiger charge is -2.09. The number of benzene rings is 1. The zero-order valence-corrected chi connectivity index (χ0v) is 14.8. The highest BCUT2D eigenvalue weighted by molar-refractivity contribution is 7.90. The fourth-order valence-corrected chi connectivity index (χ4v) is 3.77. The van der Waals surface area contributed by atoms with Crippen molar-refractivity contribution >= 4 is 44.2 Å². The van der Waals surface area contributed by atoms with Crippen molar-refractivity contribution < 1.29 is 8.42 Å². The van der Waals surface area contributed by atoms with E-state index in [4.69, 9.17) is 23.2 Å². The Morgan fingerprint density at radius 2 is 1.61 bits per heavy atom. The second-order valence-electron chi connectivity index (χ2n) is 5.60. The second kappa shape index (κ2) is 6.27. The van der Waals surface area contributed by atoms with Crippen LogP contribution >= 0.6 is 23.2 Å². The Bertz CT molecular complexity index is 887. The van der Waals surface area contributed by atoms with Gasteiger partial charge in [0.2, 0.25) is 0 Å². The average molecular weight is 368 g/mol. The van der Waals surface area contributed by atoms with E-state index in [0.29, 0.717) is 15.1 Å². The first-order chi connectivity index (χ1) is 10.9. The summed E-state index contributed by atoms with van der Waals surface area (Å²) < 4.78 is 23.1. The fraction of sp³-hybridized carbons (Fsp3) is 0.235. The summed E-state index contributed by atoms with van der Waals surface area (Å²) in [7, 11) is -3.18. The molecule has 1 aliphatic rings. The molecule has 1 aromatic heterocycles. The summed E-state index contributed by atoms with van der Waals surface area (Å²) >= 11 is 12.0. The lowest BCUT2D eigenvalue weighted by atomic mass is 9.98.